The van der Waals surface area contributed by atoms with Gasteiger partial charge in [0.25, 0.3) is 0 Å². The number of carbonyl (C=O) groups excluding carboxylic acids is 1. The van der Waals surface area contributed by atoms with Crippen LogP contribution in [0, 0.1) is 0 Å². The van der Waals surface area contributed by atoms with Crippen LogP contribution in [-0.4, -0.2) is 17.4 Å². The highest BCUT2D eigenvalue weighted by Gasteiger charge is 2.22. The molecule has 1 aromatic heterocycles. The third kappa shape index (κ3) is 2.89. The Bertz CT molecular complexity index is 677. The molecule has 3 rings (SSSR count). The van der Waals surface area contributed by atoms with Crippen LogP contribution in [0.1, 0.15) is 59.8 Å². The topological polar surface area (TPSA) is 39.2 Å². The van der Waals surface area contributed by atoms with Gasteiger partial charge in [0.05, 0.1) is 12.2 Å². The molecule has 0 saturated heterocycles. The zero-order valence-electron chi connectivity index (χ0n) is 13.1. The molecule has 0 N–H and O–H groups in total. The molecule has 114 valence electrons. The zero-order chi connectivity index (χ0) is 15.5. The number of benzene rings is 1. The molecule has 2 aromatic rings. The molecule has 0 unspecified atom stereocenters. The van der Waals surface area contributed by atoms with Crippen LogP contribution >= 0.6 is 0 Å². The smallest absolute Gasteiger partial charge is 0.215 e. The Balaban J connectivity index is 2.12. The van der Waals surface area contributed by atoms with Gasteiger partial charge in [0.2, 0.25) is 5.78 Å². The molecule has 1 aliphatic rings. The van der Waals surface area contributed by atoms with Crippen LogP contribution in [0.5, 0.6) is 5.75 Å². The highest BCUT2D eigenvalue weighted by atomic mass is 16.5. The molecule has 0 spiro atoms. The van der Waals surface area contributed by atoms with Crippen molar-refractivity contribution >= 4 is 5.78 Å². The summed E-state index contributed by atoms with van der Waals surface area (Å²) in [5.74, 6) is 1.09. The number of hydrogen-bond donors (Lipinski definition) is 0. The van der Waals surface area contributed by atoms with Crippen LogP contribution in [0.25, 0.3) is 0 Å². The highest BCUT2D eigenvalue weighted by molar-refractivity contribution is 6.09. The van der Waals surface area contributed by atoms with Gasteiger partial charge in [-0.15, -0.1) is 0 Å². The molecule has 1 aromatic carbocycles. The maximum absolute atomic E-state index is 12.9. The summed E-state index contributed by atoms with van der Waals surface area (Å²) in [4.78, 5) is 17.1. The molecule has 0 fully saturated rings. The zero-order valence-corrected chi connectivity index (χ0v) is 13.1. The van der Waals surface area contributed by atoms with E-state index in [9.17, 15) is 4.79 Å². The number of ketones is 1. The molecule has 0 atom stereocenters. The van der Waals surface area contributed by atoms with E-state index in [0.29, 0.717) is 23.8 Å². The van der Waals surface area contributed by atoms with E-state index in [2.05, 4.69) is 24.9 Å². The third-order valence-corrected chi connectivity index (χ3v) is 4.08. The molecule has 22 heavy (non-hydrogen) atoms. The van der Waals surface area contributed by atoms with Crippen molar-refractivity contribution in [3.05, 3.63) is 58.9 Å². The summed E-state index contributed by atoms with van der Waals surface area (Å²) in [5, 5.41) is 0. The minimum atomic E-state index is -0.0544. The molecule has 0 amide bonds. The van der Waals surface area contributed by atoms with Crippen LogP contribution in [0.3, 0.4) is 0 Å². The quantitative estimate of drug-likeness (QED) is 0.798. The molecule has 0 saturated carbocycles. The Morgan fingerprint density at radius 2 is 2.09 bits per heavy atom. The third-order valence-electron chi connectivity index (χ3n) is 4.08. The van der Waals surface area contributed by atoms with Crippen molar-refractivity contribution in [1.82, 2.24) is 4.98 Å². The van der Waals surface area contributed by atoms with Crippen molar-refractivity contribution in [2.45, 2.75) is 39.0 Å². The van der Waals surface area contributed by atoms with Gasteiger partial charge in [-0.3, -0.25) is 9.78 Å². The lowest BCUT2D eigenvalue weighted by Gasteiger charge is -2.16. The van der Waals surface area contributed by atoms with Crippen LogP contribution in [-0.2, 0) is 6.42 Å². The Hall–Kier alpha value is -2.16. The van der Waals surface area contributed by atoms with E-state index in [-0.39, 0.29) is 5.78 Å². The second-order valence-corrected chi connectivity index (χ2v) is 6.06. The van der Waals surface area contributed by atoms with E-state index in [0.717, 1.165) is 30.6 Å². The largest absolute Gasteiger partial charge is 0.493 e. The first-order chi connectivity index (χ1) is 10.7. The Morgan fingerprint density at radius 1 is 1.23 bits per heavy atom. The monoisotopic (exact) mass is 295 g/mol. The summed E-state index contributed by atoms with van der Waals surface area (Å²) in [6.07, 6.45) is 4.76. The minimum Gasteiger partial charge on any atom is -0.493 e. The lowest BCUT2D eigenvalue weighted by molar-refractivity contribution is 0.103. The summed E-state index contributed by atoms with van der Waals surface area (Å²) in [6.45, 7) is 4.97. The summed E-state index contributed by atoms with van der Waals surface area (Å²) in [5.41, 5.74) is 3.46. The standard InChI is InChI=1S/C19H21NO2/c1-13(2)15-11-14-7-4-6-10-22-19(14)16(12-15)18(21)17-8-3-5-9-20-17/h3,5,8-9,11-13H,4,6-7,10H2,1-2H3. The van der Waals surface area contributed by atoms with Crippen molar-refractivity contribution in [3.63, 3.8) is 0 Å². The molecule has 0 bridgehead atoms. The number of pyridine rings is 1. The number of hydrogen-bond acceptors (Lipinski definition) is 3. The molecule has 1 aliphatic heterocycles. The number of aryl methyl sites for hydroxylation is 1. The van der Waals surface area contributed by atoms with Crippen molar-refractivity contribution in [2.75, 3.05) is 6.61 Å². The lowest BCUT2D eigenvalue weighted by atomic mass is 9.92. The van der Waals surface area contributed by atoms with E-state index in [1.54, 1.807) is 12.3 Å². The van der Waals surface area contributed by atoms with Crippen molar-refractivity contribution in [1.29, 1.82) is 0 Å². The summed E-state index contributed by atoms with van der Waals surface area (Å²) in [7, 11) is 0. The molecular formula is C19H21NO2. The number of fused-ring (bicyclic) bond motifs is 1. The SMILES string of the molecule is CC(C)c1cc2c(c(C(=O)c3ccccn3)c1)OCCCC2. The van der Waals surface area contributed by atoms with Gasteiger partial charge in [-0.05, 0) is 54.5 Å². The summed E-state index contributed by atoms with van der Waals surface area (Å²) < 4.78 is 5.91. The Morgan fingerprint density at radius 3 is 2.82 bits per heavy atom. The van der Waals surface area contributed by atoms with Gasteiger partial charge < -0.3 is 4.74 Å². The molecular weight excluding hydrogens is 274 g/mol. The van der Waals surface area contributed by atoms with Gasteiger partial charge in [-0.25, -0.2) is 0 Å². The van der Waals surface area contributed by atoms with Crippen LogP contribution in [0.15, 0.2) is 36.5 Å². The predicted molar refractivity (Wildman–Crippen MR) is 86.6 cm³/mol. The number of nitrogens with zero attached hydrogens (tertiary/aromatic N) is 1. The van der Waals surface area contributed by atoms with Crippen LogP contribution in [0.4, 0.5) is 0 Å². The van der Waals surface area contributed by atoms with Gasteiger partial charge in [0.15, 0.2) is 0 Å². The van der Waals surface area contributed by atoms with E-state index in [1.807, 2.05) is 18.2 Å². The fourth-order valence-corrected chi connectivity index (χ4v) is 2.80. The fourth-order valence-electron chi connectivity index (χ4n) is 2.80. The summed E-state index contributed by atoms with van der Waals surface area (Å²) in [6, 6.07) is 9.59. The first-order valence-corrected chi connectivity index (χ1v) is 7.92. The molecule has 0 radical (unpaired) electrons. The normalized spacial score (nSPS) is 14.1. The van der Waals surface area contributed by atoms with E-state index in [1.165, 1.54) is 5.56 Å². The predicted octanol–water partition coefficient (Wildman–Crippen LogP) is 4.15. The fraction of sp³-hybridized carbons (Fsp3) is 0.368. The second kappa shape index (κ2) is 6.30. The van der Waals surface area contributed by atoms with Gasteiger partial charge >= 0.3 is 0 Å². The van der Waals surface area contributed by atoms with Crippen LogP contribution < -0.4 is 4.74 Å². The molecule has 0 aliphatic carbocycles. The number of ether oxygens (including phenoxy) is 1. The maximum atomic E-state index is 12.9. The van der Waals surface area contributed by atoms with Gasteiger partial charge in [0.1, 0.15) is 11.4 Å². The average Bonchev–Trinajstić information content (AvgIpc) is 2.79. The molecule has 3 heteroatoms. The molecule has 3 nitrogen and oxygen atoms in total. The van der Waals surface area contributed by atoms with Gasteiger partial charge in [-0.2, -0.15) is 0 Å². The number of aromatic nitrogens is 1. The second-order valence-electron chi connectivity index (χ2n) is 6.06. The first-order valence-electron chi connectivity index (χ1n) is 7.92. The van der Waals surface area contributed by atoms with Crippen molar-refractivity contribution in [3.8, 4) is 5.75 Å². The van der Waals surface area contributed by atoms with Gasteiger partial charge in [0, 0.05) is 6.20 Å². The highest BCUT2D eigenvalue weighted by Crippen LogP contribution is 2.33. The number of carbonyl (C=O) groups is 1. The van der Waals surface area contributed by atoms with Crippen molar-refractivity contribution < 1.29 is 9.53 Å². The molecule has 2 heterocycles. The number of rotatable bonds is 3. The Kier molecular flexibility index (Phi) is 4.23. The minimum absolute atomic E-state index is 0.0544. The van der Waals surface area contributed by atoms with E-state index in [4.69, 9.17) is 4.74 Å². The Labute approximate surface area is 131 Å². The summed E-state index contributed by atoms with van der Waals surface area (Å²) >= 11 is 0. The maximum Gasteiger partial charge on any atom is 0.215 e. The van der Waals surface area contributed by atoms with E-state index < -0.39 is 0 Å². The van der Waals surface area contributed by atoms with Crippen LogP contribution in [0.2, 0.25) is 0 Å². The lowest BCUT2D eigenvalue weighted by Crippen LogP contribution is -2.09. The van der Waals surface area contributed by atoms with Crippen molar-refractivity contribution in [2.24, 2.45) is 0 Å². The first kappa shape index (κ1) is 14.8. The average molecular weight is 295 g/mol. The van der Waals surface area contributed by atoms with E-state index >= 15 is 0 Å². The van der Waals surface area contributed by atoms with Gasteiger partial charge in [-0.1, -0.05) is 26.0 Å².